The molecule has 3 N–H and O–H groups in total. The Balaban J connectivity index is 1.84. The van der Waals surface area contributed by atoms with Gasteiger partial charge < -0.3 is 0 Å². The highest BCUT2D eigenvalue weighted by Gasteiger charge is 2.18. The summed E-state index contributed by atoms with van der Waals surface area (Å²) in [5.74, 6) is 6.56. The van der Waals surface area contributed by atoms with Crippen LogP contribution >= 0.6 is 0 Å². The van der Waals surface area contributed by atoms with E-state index in [0.29, 0.717) is 6.04 Å². The van der Waals surface area contributed by atoms with E-state index in [9.17, 15) is 0 Å². The zero-order chi connectivity index (χ0) is 12.8. The van der Waals surface area contributed by atoms with Gasteiger partial charge in [-0.1, -0.05) is 32.1 Å². The lowest BCUT2D eigenvalue weighted by Crippen LogP contribution is -2.38. The molecule has 0 saturated heterocycles. The number of hydrogen-bond donors (Lipinski definition) is 2. The molecule has 4 heteroatoms. The van der Waals surface area contributed by atoms with Crippen LogP contribution in [0.25, 0.3) is 0 Å². The number of nitrogens with two attached hydrogens (primary N) is 1. The molecule has 1 aromatic rings. The van der Waals surface area contributed by atoms with Crippen LogP contribution in [-0.2, 0) is 13.0 Å². The SMILES string of the molecule is CCn1cc(CC(CC2CCCCC2)NN)cn1. The third-order valence-corrected chi connectivity index (χ3v) is 4.07. The molecule has 1 aliphatic rings. The van der Waals surface area contributed by atoms with Crippen molar-refractivity contribution in [3.63, 3.8) is 0 Å². The van der Waals surface area contributed by atoms with Gasteiger partial charge in [-0.15, -0.1) is 0 Å². The molecule has 1 aromatic heterocycles. The van der Waals surface area contributed by atoms with E-state index in [0.717, 1.165) is 18.9 Å². The molecule has 18 heavy (non-hydrogen) atoms. The average Bonchev–Trinajstić information content (AvgIpc) is 2.87. The highest BCUT2D eigenvalue weighted by atomic mass is 15.3. The van der Waals surface area contributed by atoms with Gasteiger partial charge in [0.25, 0.3) is 0 Å². The highest BCUT2D eigenvalue weighted by Crippen LogP contribution is 2.27. The maximum atomic E-state index is 5.70. The van der Waals surface area contributed by atoms with Crippen LogP contribution in [-0.4, -0.2) is 15.8 Å². The van der Waals surface area contributed by atoms with Gasteiger partial charge in [0, 0.05) is 18.8 Å². The second-order valence-electron chi connectivity index (χ2n) is 5.51. The first-order valence-corrected chi connectivity index (χ1v) is 7.29. The van der Waals surface area contributed by atoms with Crippen molar-refractivity contribution in [3.05, 3.63) is 18.0 Å². The maximum absolute atomic E-state index is 5.70. The molecule has 2 rings (SSSR count). The van der Waals surface area contributed by atoms with E-state index in [1.165, 1.54) is 44.1 Å². The van der Waals surface area contributed by atoms with Crippen molar-refractivity contribution < 1.29 is 0 Å². The summed E-state index contributed by atoms with van der Waals surface area (Å²) in [6.45, 7) is 3.04. The Kier molecular flexibility index (Phi) is 5.20. The standard InChI is InChI=1S/C14H26N4/c1-2-18-11-13(10-16-18)9-14(17-15)8-12-6-4-3-5-7-12/h10-12,14,17H,2-9,15H2,1H3. The lowest BCUT2D eigenvalue weighted by Gasteiger charge is -2.25. The lowest BCUT2D eigenvalue weighted by atomic mass is 9.84. The number of nitrogens with one attached hydrogen (secondary N) is 1. The molecule has 0 spiro atoms. The smallest absolute Gasteiger partial charge is 0.0522 e. The summed E-state index contributed by atoms with van der Waals surface area (Å²) in [6, 6.07) is 0.391. The molecule has 102 valence electrons. The molecule has 0 radical (unpaired) electrons. The van der Waals surface area contributed by atoms with Crippen molar-refractivity contribution in [3.8, 4) is 0 Å². The first-order chi connectivity index (χ1) is 8.81. The predicted octanol–water partition coefficient (Wildman–Crippen LogP) is 2.25. The van der Waals surface area contributed by atoms with Crippen LogP contribution in [0.3, 0.4) is 0 Å². The Bertz CT molecular complexity index is 341. The van der Waals surface area contributed by atoms with E-state index >= 15 is 0 Å². The molecule has 0 amide bonds. The number of aryl methyl sites for hydroxylation is 1. The summed E-state index contributed by atoms with van der Waals surface area (Å²) in [6.07, 6.45) is 13.3. The van der Waals surface area contributed by atoms with Crippen molar-refractivity contribution >= 4 is 0 Å². The van der Waals surface area contributed by atoms with Gasteiger partial charge in [0.1, 0.15) is 0 Å². The molecule has 1 saturated carbocycles. The van der Waals surface area contributed by atoms with Crippen LogP contribution < -0.4 is 11.3 Å². The quantitative estimate of drug-likeness (QED) is 0.601. The highest BCUT2D eigenvalue weighted by molar-refractivity contribution is 5.06. The minimum Gasteiger partial charge on any atom is -0.273 e. The molecular weight excluding hydrogens is 224 g/mol. The number of aromatic nitrogens is 2. The van der Waals surface area contributed by atoms with Crippen LogP contribution in [0.1, 0.15) is 51.0 Å². The van der Waals surface area contributed by atoms with Crippen molar-refractivity contribution in [2.24, 2.45) is 11.8 Å². The summed E-state index contributed by atoms with van der Waals surface area (Å²) >= 11 is 0. The first-order valence-electron chi connectivity index (χ1n) is 7.29. The third kappa shape index (κ3) is 3.82. The Labute approximate surface area is 110 Å². The molecule has 1 heterocycles. The summed E-state index contributed by atoms with van der Waals surface area (Å²) < 4.78 is 1.98. The Morgan fingerprint density at radius 1 is 1.44 bits per heavy atom. The third-order valence-electron chi connectivity index (χ3n) is 4.07. The number of hydrazine groups is 1. The largest absolute Gasteiger partial charge is 0.273 e. The molecular formula is C14H26N4. The topological polar surface area (TPSA) is 55.9 Å². The molecule has 1 atom stereocenters. The van der Waals surface area contributed by atoms with Crippen molar-refractivity contribution in [1.29, 1.82) is 0 Å². The van der Waals surface area contributed by atoms with Crippen molar-refractivity contribution in [1.82, 2.24) is 15.2 Å². The molecule has 1 unspecified atom stereocenters. The van der Waals surface area contributed by atoms with Gasteiger partial charge in [-0.2, -0.15) is 5.10 Å². The van der Waals surface area contributed by atoms with E-state index in [-0.39, 0.29) is 0 Å². The van der Waals surface area contributed by atoms with Crippen molar-refractivity contribution in [2.75, 3.05) is 0 Å². The molecule has 0 aliphatic heterocycles. The van der Waals surface area contributed by atoms with Crippen molar-refractivity contribution in [2.45, 2.75) is 64.5 Å². The number of hydrogen-bond acceptors (Lipinski definition) is 3. The first kappa shape index (κ1) is 13.6. The monoisotopic (exact) mass is 250 g/mol. The van der Waals surface area contributed by atoms with E-state index < -0.39 is 0 Å². The van der Waals surface area contributed by atoms with Crippen LogP contribution in [0.2, 0.25) is 0 Å². The predicted molar refractivity (Wildman–Crippen MR) is 73.9 cm³/mol. The van der Waals surface area contributed by atoms with E-state index in [1.807, 2.05) is 10.9 Å². The van der Waals surface area contributed by atoms with Gasteiger partial charge in [-0.05, 0) is 31.2 Å². The fourth-order valence-corrected chi connectivity index (χ4v) is 3.00. The summed E-state index contributed by atoms with van der Waals surface area (Å²) in [4.78, 5) is 0. The van der Waals surface area contributed by atoms with Gasteiger partial charge in [0.05, 0.1) is 6.20 Å². The molecule has 0 bridgehead atoms. The Morgan fingerprint density at radius 3 is 2.83 bits per heavy atom. The summed E-state index contributed by atoms with van der Waals surface area (Å²) in [5, 5.41) is 4.32. The fourth-order valence-electron chi connectivity index (χ4n) is 3.00. The van der Waals surface area contributed by atoms with Gasteiger partial charge in [0.15, 0.2) is 0 Å². The van der Waals surface area contributed by atoms with Crippen LogP contribution in [0.4, 0.5) is 0 Å². The zero-order valence-corrected chi connectivity index (χ0v) is 11.4. The van der Waals surface area contributed by atoms with Gasteiger partial charge in [0.2, 0.25) is 0 Å². The van der Waals surface area contributed by atoms with Gasteiger partial charge >= 0.3 is 0 Å². The molecule has 1 fully saturated rings. The lowest BCUT2D eigenvalue weighted by molar-refractivity contribution is 0.298. The molecule has 4 nitrogen and oxygen atoms in total. The zero-order valence-electron chi connectivity index (χ0n) is 11.4. The van der Waals surface area contributed by atoms with Crippen LogP contribution in [0, 0.1) is 5.92 Å². The summed E-state index contributed by atoms with van der Waals surface area (Å²) in [7, 11) is 0. The number of rotatable bonds is 6. The van der Waals surface area contributed by atoms with E-state index in [4.69, 9.17) is 5.84 Å². The normalized spacial score (nSPS) is 19.0. The van der Waals surface area contributed by atoms with Crippen LogP contribution in [0.15, 0.2) is 12.4 Å². The van der Waals surface area contributed by atoms with Gasteiger partial charge in [-0.3, -0.25) is 16.0 Å². The van der Waals surface area contributed by atoms with Gasteiger partial charge in [-0.25, -0.2) is 0 Å². The number of nitrogens with zero attached hydrogens (tertiary/aromatic N) is 2. The van der Waals surface area contributed by atoms with E-state index in [1.54, 1.807) is 0 Å². The average molecular weight is 250 g/mol. The second kappa shape index (κ2) is 6.90. The van der Waals surface area contributed by atoms with E-state index in [2.05, 4.69) is 23.6 Å². The maximum Gasteiger partial charge on any atom is 0.0522 e. The summed E-state index contributed by atoms with van der Waals surface area (Å²) in [5.41, 5.74) is 4.28. The minimum absolute atomic E-state index is 0.391. The molecule has 0 aromatic carbocycles. The Morgan fingerprint density at radius 2 is 2.22 bits per heavy atom. The second-order valence-corrected chi connectivity index (χ2v) is 5.51. The fraction of sp³-hybridized carbons (Fsp3) is 0.786. The molecule has 1 aliphatic carbocycles. The minimum atomic E-state index is 0.391. The van der Waals surface area contributed by atoms with Crippen LogP contribution in [0.5, 0.6) is 0 Å². The Hall–Kier alpha value is -0.870.